The van der Waals surface area contributed by atoms with Gasteiger partial charge in [-0.3, -0.25) is 4.79 Å². The molecule has 1 amide bonds. The largest absolute Gasteiger partial charge is 0.416 e. The van der Waals surface area contributed by atoms with E-state index in [1.807, 2.05) is 6.07 Å². The Balaban J connectivity index is 1.83. The molecule has 0 bridgehead atoms. The van der Waals surface area contributed by atoms with Gasteiger partial charge in [0, 0.05) is 17.4 Å². The number of nitrogens with one attached hydrogen (secondary N) is 2. The number of hydrogen-bond donors (Lipinski definition) is 2. The van der Waals surface area contributed by atoms with Crippen LogP contribution in [-0.4, -0.2) is 15.9 Å². The number of aromatic nitrogens is 2. The number of aryl methyl sites for hydroxylation is 1. The van der Waals surface area contributed by atoms with E-state index < -0.39 is 17.6 Å². The van der Waals surface area contributed by atoms with Crippen molar-refractivity contribution in [2.24, 2.45) is 0 Å². The van der Waals surface area contributed by atoms with Crippen molar-refractivity contribution < 1.29 is 18.0 Å². The first-order chi connectivity index (χ1) is 13.7. The molecule has 9 heteroatoms. The normalized spacial score (nSPS) is 10.9. The second kappa shape index (κ2) is 7.98. The first kappa shape index (κ1) is 19.8. The number of halogens is 3. The molecule has 2 N–H and O–H groups in total. The van der Waals surface area contributed by atoms with E-state index in [1.165, 1.54) is 24.3 Å². The van der Waals surface area contributed by atoms with Gasteiger partial charge in [-0.1, -0.05) is 12.1 Å². The molecular formula is C20H14F3N5O. The topological polar surface area (TPSA) is 90.7 Å². The molecule has 0 aliphatic heterocycles. The third kappa shape index (κ3) is 5.07. The Labute approximate surface area is 164 Å². The Hall–Kier alpha value is -3.93. The van der Waals surface area contributed by atoms with E-state index in [0.29, 0.717) is 11.3 Å². The number of carbonyl (C=O) groups excluding carboxylic acids is 1. The lowest BCUT2D eigenvalue weighted by Crippen LogP contribution is -2.15. The van der Waals surface area contributed by atoms with Crippen molar-refractivity contribution in [3.63, 3.8) is 0 Å². The molecule has 3 aromatic rings. The van der Waals surface area contributed by atoms with Crippen LogP contribution in [0, 0.1) is 18.3 Å². The summed E-state index contributed by atoms with van der Waals surface area (Å²) in [7, 11) is 0. The van der Waals surface area contributed by atoms with Crippen molar-refractivity contribution in [3.05, 3.63) is 77.2 Å². The minimum atomic E-state index is -4.47. The van der Waals surface area contributed by atoms with Gasteiger partial charge in [-0.25, -0.2) is 9.97 Å². The number of benzene rings is 2. The first-order valence-electron chi connectivity index (χ1n) is 8.36. The van der Waals surface area contributed by atoms with Crippen molar-refractivity contribution in [1.29, 1.82) is 5.26 Å². The quantitative estimate of drug-likeness (QED) is 0.668. The van der Waals surface area contributed by atoms with Crippen LogP contribution in [0.3, 0.4) is 0 Å². The molecule has 0 aliphatic carbocycles. The highest BCUT2D eigenvalue weighted by atomic mass is 19.4. The molecule has 1 heterocycles. The number of nitriles is 1. The molecule has 3 rings (SSSR count). The van der Waals surface area contributed by atoms with Gasteiger partial charge in [0.15, 0.2) is 0 Å². The maximum absolute atomic E-state index is 12.9. The Morgan fingerprint density at radius 3 is 2.48 bits per heavy atom. The summed E-state index contributed by atoms with van der Waals surface area (Å²) >= 11 is 0. The molecule has 29 heavy (non-hydrogen) atoms. The Kier molecular flexibility index (Phi) is 5.45. The molecule has 0 fully saturated rings. The monoisotopic (exact) mass is 397 g/mol. The van der Waals surface area contributed by atoms with Gasteiger partial charge in [-0.05, 0) is 43.3 Å². The zero-order chi connectivity index (χ0) is 21.0. The van der Waals surface area contributed by atoms with Gasteiger partial charge < -0.3 is 10.6 Å². The van der Waals surface area contributed by atoms with Gasteiger partial charge in [0.05, 0.1) is 17.2 Å². The maximum atomic E-state index is 12.9. The Morgan fingerprint density at radius 1 is 1.03 bits per heavy atom. The van der Waals surface area contributed by atoms with Crippen LogP contribution in [0.25, 0.3) is 0 Å². The van der Waals surface area contributed by atoms with Crippen LogP contribution in [0.2, 0.25) is 0 Å². The Morgan fingerprint density at radius 2 is 1.76 bits per heavy atom. The summed E-state index contributed by atoms with van der Waals surface area (Å²) in [5.41, 5.74) is 0.190. The maximum Gasteiger partial charge on any atom is 0.416 e. The SMILES string of the molecule is Cc1nc(Nc2cccc(C(F)(F)F)c2)cc(C(=O)Nc2cccc(C#N)c2)n1. The van der Waals surface area contributed by atoms with Gasteiger partial charge in [0.2, 0.25) is 0 Å². The average Bonchev–Trinajstić information content (AvgIpc) is 2.67. The summed E-state index contributed by atoms with van der Waals surface area (Å²) in [6.45, 7) is 1.56. The molecule has 0 radical (unpaired) electrons. The zero-order valence-electron chi connectivity index (χ0n) is 15.1. The molecule has 0 saturated carbocycles. The van der Waals surface area contributed by atoms with Crippen LogP contribution in [0.5, 0.6) is 0 Å². The molecule has 2 aromatic carbocycles. The lowest BCUT2D eigenvalue weighted by Gasteiger charge is -2.11. The summed E-state index contributed by atoms with van der Waals surface area (Å²) < 4.78 is 38.6. The minimum absolute atomic E-state index is 0.0225. The number of amides is 1. The standard InChI is InChI=1S/C20H14F3N5O/c1-12-25-17(19(29)28-15-6-2-4-13(8-15)11-24)10-18(26-12)27-16-7-3-5-14(9-16)20(21,22)23/h2-10H,1H3,(H,28,29)(H,25,26,27). The fourth-order valence-corrected chi connectivity index (χ4v) is 2.53. The average molecular weight is 397 g/mol. The van der Waals surface area contributed by atoms with Crippen molar-refractivity contribution in [1.82, 2.24) is 9.97 Å². The van der Waals surface area contributed by atoms with E-state index in [1.54, 1.807) is 25.1 Å². The van der Waals surface area contributed by atoms with Crippen LogP contribution in [0.1, 0.15) is 27.4 Å². The molecule has 0 aliphatic rings. The molecule has 6 nitrogen and oxygen atoms in total. The summed E-state index contributed by atoms with van der Waals surface area (Å²) in [4.78, 5) is 20.7. The zero-order valence-corrected chi connectivity index (χ0v) is 15.1. The van der Waals surface area contributed by atoms with E-state index >= 15 is 0 Å². The number of alkyl halides is 3. The molecular weight excluding hydrogens is 383 g/mol. The highest BCUT2D eigenvalue weighted by Crippen LogP contribution is 2.31. The van der Waals surface area contributed by atoms with Gasteiger partial charge in [0.25, 0.3) is 5.91 Å². The fraction of sp³-hybridized carbons (Fsp3) is 0.100. The van der Waals surface area contributed by atoms with E-state index in [0.717, 1.165) is 12.1 Å². The van der Waals surface area contributed by atoms with Crippen molar-refractivity contribution in [3.8, 4) is 6.07 Å². The van der Waals surface area contributed by atoms with Crippen LogP contribution in [0.15, 0.2) is 54.6 Å². The highest BCUT2D eigenvalue weighted by Gasteiger charge is 2.30. The minimum Gasteiger partial charge on any atom is -0.340 e. The number of hydrogen-bond acceptors (Lipinski definition) is 5. The lowest BCUT2D eigenvalue weighted by atomic mass is 10.2. The van der Waals surface area contributed by atoms with Crippen LogP contribution in [0.4, 0.5) is 30.4 Å². The molecule has 0 saturated heterocycles. The number of nitrogens with zero attached hydrogens (tertiary/aromatic N) is 3. The third-order valence-corrected chi connectivity index (χ3v) is 3.78. The van der Waals surface area contributed by atoms with E-state index in [-0.39, 0.29) is 23.0 Å². The number of anilines is 3. The van der Waals surface area contributed by atoms with Crippen molar-refractivity contribution >= 4 is 23.1 Å². The summed E-state index contributed by atoms with van der Waals surface area (Å²) in [5.74, 6) is -0.108. The summed E-state index contributed by atoms with van der Waals surface area (Å²) in [5, 5.41) is 14.3. The van der Waals surface area contributed by atoms with E-state index in [9.17, 15) is 18.0 Å². The van der Waals surface area contributed by atoms with Gasteiger partial charge in [0.1, 0.15) is 17.3 Å². The van der Waals surface area contributed by atoms with Crippen LogP contribution in [-0.2, 0) is 6.18 Å². The molecule has 0 unspecified atom stereocenters. The molecule has 146 valence electrons. The summed E-state index contributed by atoms with van der Waals surface area (Å²) in [6, 6.07) is 14.3. The van der Waals surface area contributed by atoms with Crippen molar-refractivity contribution in [2.45, 2.75) is 13.1 Å². The van der Waals surface area contributed by atoms with Gasteiger partial charge >= 0.3 is 6.18 Å². The summed E-state index contributed by atoms with van der Waals surface area (Å²) in [6.07, 6.45) is -4.47. The van der Waals surface area contributed by atoms with Gasteiger partial charge in [-0.15, -0.1) is 0 Å². The third-order valence-electron chi connectivity index (χ3n) is 3.78. The van der Waals surface area contributed by atoms with Crippen LogP contribution >= 0.6 is 0 Å². The second-order valence-electron chi connectivity index (χ2n) is 6.04. The molecule has 1 aromatic heterocycles. The smallest absolute Gasteiger partial charge is 0.340 e. The second-order valence-corrected chi connectivity index (χ2v) is 6.04. The predicted molar refractivity (Wildman–Crippen MR) is 101 cm³/mol. The highest BCUT2D eigenvalue weighted by molar-refractivity contribution is 6.03. The van der Waals surface area contributed by atoms with Crippen LogP contribution < -0.4 is 10.6 Å². The number of carbonyl (C=O) groups is 1. The lowest BCUT2D eigenvalue weighted by molar-refractivity contribution is -0.137. The predicted octanol–water partition coefficient (Wildman–Crippen LogP) is 4.67. The number of rotatable bonds is 4. The Bertz CT molecular complexity index is 1110. The van der Waals surface area contributed by atoms with E-state index in [4.69, 9.17) is 5.26 Å². The van der Waals surface area contributed by atoms with Crippen molar-refractivity contribution in [2.75, 3.05) is 10.6 Å². The van der Waals surface area contributed by atoms with E-state index in [2.05, 4.69) is 20.6 Å². The van der Waals surface area contributed by atoms with Gasteiger partial charge in [-0.2, -0.15) is 18.4 Å². The molecule has 0 spiro atoms. The fourth-order valence-electron chi connectivity index (χ4n) is 2.53. The first-order valence-corrected chi connectivity index (χ1v) is 8.36. The molecule has 0 atom stereocenters.